The molecular formula is C14H15NO. The van der Waals surface area contributed by atoms with Crippen molar-refractivity contribution >= 4 is 0 Å². The third kappa shape index (κ3) is 2.61. The Hall–Kier alpha value is -1.80. The molecule has 16 heavy (non-hydrogen) atoms. The zero-order valence-corrected chi connectivity index (χ0v) is 9.01. The maximum atomic E-state index is 9.19. The van der Waals surface area contributed by atoms with Gasteiger partial charge in [0.05, 0.1) is 0 Å². The van der Waals surface area contributed by atoms with E-state index in [-0.39, 0.29) is 11.8 Å². The van der Waals surface area contributed by atoms with Gasteiger partial charge in [-0.05, 0) is 29.7 Å². The van der Waals surface area contributed by atoms with Crippen LogP contribution in [0.3, 0.4) is 0 Å². The van der Waals surface area contributed by atoms with Crippen LogP contribution < -0.4 is 5.73 Å². The van der Waals surface area contributed by atoms with Crippen molar-refractivity contribution in [2.45, 2.75) is 12.5 Å². The van der Waals surface area contributed by atoms with E-state index in [0.717, 1.165) is 12.0 Å². The van der Waals surface area contributed by atoms with Gasteiger partial charge in [-0.15, -0.1) is 0 Å². The summed E-state index contributed by atoms with van der Waals surface area (Å²) in [5, 5.41) is 9.19. The third-order valence-electron chi connectivity index (χ3n) is 2.62. The molecule has 0 spiro atoms. The first-order chi connectivity index (χ1) is 7.75. The Bertz CT molecular complexity index is 436. The molecule has 0 aliphatic carbocycles. The lowest BCUT2D eigenvalue weighted by Crippen LogP contribution is -2.12. The van der Waals surface area contributed by atoms with Gasteiger partial charge >= 0.3 is 0 Å². The Balaban J connectivity index is 2.09. The van der Waals surface area contributed by atoms with Gasteiger partial charge < -0.3 is 10.8 Å². The second-order valence-corrected chi connectivity index (χ2v) is 3.89. The summed E-state index contributed by atoms with van der Waals surface area (Å²) >= 11 is 0. The van der Waals surface area contributed by atoms with Crippen LogP contribution in [-0.4, -0.2) is 5.11 Å². The highest BCUT2D eigenvalue weighted by Gasteiger charge is 2.06. The van der Waals surface area contributed by atoms with Gasteiger partial charge in [0.2, 0.25) is 0 Å². The fourth-order valence-electron chi connectivity index (χ4n) is 1.71. The van der Waals surface area contributed by atoms with Crippen LogP contribution in [0.4, 0.5) is 0 Å². The first kappa shape index (κ1) is 10.7. The van der Waals surface area contributed by atoms with Gasteiger partial charge in [-0.3, -0.25) is 0 Å². The number of hydrogen-bond acceptors (Lipinski definition) is 2. The lowest BCUT2D eigenvalue weighted by atomic mass is 10.00. The van der Waals surface area contributed by atoms with Crippen molar-refractivity contribution in [2.24, 2.45) is 5.73 Å². The number of aromatic hydroxyl groups is 1. The Morgan fingerprint density at radius 1 is 0.938 bits per heavy atom. The van der Waals surface area contributed by atoms with Gasteiger partial charge in [-0.25, -0.2) is 0 Å². The SMILES string of the molecule is N[C@@H](Cc1ccccc1)c1ccc(O)cc1. The fourth-order valence-corrected chi connectivity index (χ4v) is 1.71. The van der Waals surface area contributed by atoms with E-state index in [0.29, 0.717) is 0 Å². The van der Waals surface area contributed by atoms with E-state index in [4.69, 9.17) is 5.73 Å². The van der Waals surface area contributed by atoms with Crippen LogP contribution in [0.2, 0.25) is 0 Å². The minimum atomic E-state index is -0.0250. The molecule has 0 bridgehead atoms. The molecule has 0 fully saturated rings. The highest BCUT2D eigenvalue weighted by molar-refractivity contribution is 5.29. The first-order valence-electron chi connectivity index (χ1n) is 5.34. The van der Waals surface area contributed by atoms with Gasteiger partial charge in [0.25, 0.3) is 0 Å². The average Bonchev–Trinajstić information content (AvgIpc) is 2.31. The van der Waals surface area contributed by atoms with E-state index in [1.807, 2.05) is 30.3 Å². The summed E-state index contributed by atoms with van der Waals surface area (Å²) in [6, 6.07) is 17.2. The third-order valence-corrected chi connectivity index (χ3v) is 2.62. The Morgan fingerprint density at radius 2 is 1.56 bits per heavy atom. The molecular weight excluding hydrogens is 198 g/mol. The average molecular weight is 213 g/mol. The highest BCUT2D eigenvalue weighted by Crippen LogP contribution is 2.18. The molecule has 2 nitrogen and oxygen atoms in total. The topological polar surface area (TPSA) is 46.2 Å². The van der Waals surface area contributed by atoms with E-state index in [2.05, 4.69) is 12.1 Å². The predicted octanol–water partition coefficient (Wildman–Crippen LogP) is 2.63. The van der Waals surface area contributed by atoms with Crippen LogP contribution in [-0.2, 0) is 6.42 Å². The maximum Gasteiger partial charge on any atom is 0.115 e. The Morgan fingerprint density at radius 3 is 2.19 bits per heavy atom. The van der Waals surface area contributed by atoms with Crippen molar-refractivity contribution in [3.8, 4) is 5.75 Å². The summed E-state index contributed by atoms with van der Waals surface area (Å²) in [5.41, 5.74) is 8.36. The summed E-state index contributed by atoms with van der Waals surface area (Å²) in [5.74, 6) is 0.274. The smallest absolute Gasteiger partial charge is 0.115 e. The zero-order valence-electron chi connectivity index (χ0n) is 9.01. The predicted molar refractivity (Wildman–Crippen MR) is 65.2 cm³/mol. The summed E-state index contributed by atoms with van der Waals surface area (Å²) in [6.07, 6.45) is 0.811. The largest absolute Gasteiger partial charge is 0.508 e. The van der Waals surface area contributed by atoms with E-state index >= 15 is 0 Å². The van der Waals surface area contributed by atoms with Crippen LogP contribution in [0.25, 0.3) is 0 Å². The Labute approximate surface area is 95.4 Å². The molecule has 0 unspecified atom stereocenters. The lowest BCUT2D eigenvalue weighted by molar-refractivity contribution is 0.475. The number of phenolic OH excluding ortho intramolecular Hbond substituents is 1. The summed E-state index contributed by atoms with van der Waals surface area (Å²) in [6.45, 7) is 0. The van der Waals surface area contributed by atoms with Crippen molar-refractivity contribution < 1.29 is 5.11 Å². The van der Waals surface area contributed by atoms with Crippen LogP contribution >= 0.6 is 0 Å². The molecule has 0 aromatic heterocycles. The van der Waals surface area contributed by atoms with E-state index in [1.54, 1.807) is 12.1 Å². The molecule has 0 radical (unpaired) electrons. The van der Waals surface area contributed by atoms with Crippen LogP contribution in [0, 0.1) is 0 Å². The van der Waals surface area contributed by atoms with Gasteiger partial charge in [0.1, 0.15) is 5.75 Å². The van der Waals surface area contributed by atoms with E-state index in [1.165, 1.54) is 5.56 Å². The molecule has 1 atom stereocenters. The van der Waals surface area contributed by atoms with E-state index < -0.39 is 0 Å². The Kier molecular flexibility index (Phi) is 3.22. The number of phenols is 1. The quantitative estimate of drug-likeness (QED) is 0.823. The van der Waals surface area contributed by atoms with Gasteiger partial charge in [-0.2, -0.15) is 0 Å². The lowest BCUT2D eigenvalue weighted by Gasteiger charge is -2.12. The molecule has 2 heteroatoms. The number of hydrogen-bond donors (Lipinski definition) is 2. The van der Waals surface area contributed by atoms with Crippen molar-refractivity contribution in [2.75, 3.05) is 0 Å². The van der Waals surface area contributed by atoms with Gasteiger partial charge in [0.15, 0.2) is 0 Å². The number of rotatable bonds is 3. The van der Waals surface area contributed by atoms with Crippen molar-refractivity contribution in [1.82, 2.24) is 0 Å². The second kappa shape index (κ2) is 4.81. The normalized spacial score (nSPS) is 12.3. The molecule has 2 rings (SSSR count). The summed E-state index contributed by atoms with van der Waals surface area (Å²) < 4.78 is 0. The highest BCUT2D eigenvalue weighted by atomic mass is 16.3. The number of nitrogens with two attached hydrogens (primary N) is 1. The van der Waals surface area contributed by atoms with Crippen LogP contribution in [0.5, 0.6) is 5.75 Å². The number of benzene rings is 2. The molecule has 2 aromatic carbocycles. The zero-order chi connectivity index (χ0) is 11.4. The molecule has 0 heterocycles. The molecule has 0 saturated carbocycles. The van der Waals surface area contributed by atoms with E-state index in [9.17, 15) is 5.11 Å². The van der Waals surface area contributed by atoms with Gasteiger partial charge in [-0.1, -0.05) is 42.5 Å². The minimum absolute atomic E-state index is 0.0250. The minimum Gasteiger partial charge on any atom is -0.508 e. The molecule has 82 valence electrons. The molecule has 0 aliphatic heterocycles. The van der Waals surface area contributed by atoms with Gasteiger partial charge in [0, 0.05) is 6.04 Å². The van der Waals surface area contributed by atoms with Crippen molar-refractivity contribution in [1.29, 1.82) is 0 Å². The standard InChI is InChI=1S/C14H15NO/c15-14(10-11-4-2-1-3-5-11)12-6-8-13(16)9-7-12/h1-9,14,16H,10,15H2/t14-/m0/s1. The van der Waals surface area contributed by atoms with Crippen LogP contribution in [0.15, 0.2) is 54.6 Å². The summed E-state index contributed by atoms with van der Waals surface area (Å²) in [7, 11) is 0. The molecule has 0 aliphatic rings. The van der Waals surface area contributed by atoms with Crippen LogP contribution in [0.1, 0.15) is 17.2 Å². The van der Waals surface area contributed by atoms with Crippen molar-refractivity contribution in [3.05, 3.63) is 65.7 Å². The summed E-state index contributed by atoms with van der Waals surface area (Å²) in [4.78, 5) is 0. The molecule has 2 aromatic rings. The molecule has 3 N–H and O–H groups in total. The fraction of sp³-hybridized carbons (Fsp3) is 0.143. The maximum absolute atomic E-state index is 9.19. The molecule has 0 saturated heterocycles. The second-order valence-electron chi connectivity index (χ2n) is 3.89. The first-order valence-corrected chi connectivity index (χ1v) is 5.34. The van der Waals surface area contributed by atoms with Crippen molar-refractivity contribution in [3.63, 3.8) is 0 Å². The monoisotopic (exact) mass is 213 g/mol. The molecule has 0 amide bonds.